The third kappa shape index (κ3) is 1.98. The second kappa shape index (κ2) is 3.95. The molecular formula is C14H18N2. The van der Waals surface area contributed by atoms with Crippen molar-refractivity contribution >= 4 is 10.9 Å². The number of hydrogen-bond acceptors (Lipinski definition) is 1. The Morgan fingerprint density at radius 3 is 2.94 bits per heavy atom. The molecule has 84 valence electrons. The van der Waals surface area contributed by atoms with Crippen molar-refractivity contribution in [2.24, 2.45) is 11.7 Å². The van der Waals surface area contributed by atoms with Crippen LogP contribution in [0.5, 0.6) is 0 Å². The molecule has 2 aromatic rings. The lowest BCUT2D eigenvalue weighted by Gasteiger charge is -2.09. The number of aromatic nitrogens is 1. The maximum Gasteiger partial charge on any atom is 0.0456 e. The third-order valence-electron chi connectivity index (χ3n) is 3.49. The maximum atomic E-state index is 6.18. The lowest BCUT2D eigenvalue weighted by atomic mass is 10.0. The van der Waals surface area contributed by atoms with E-state index in [2.05, 4.69) is 35.4 Å². The molecule has 3 N–H and O–H groups in total. The van der Waals surface area contributed by atoms with E-state index in [9.17, 15) is 0 Å². The molecule has 1 aromatic heterocycles. The van der Waals surface area contributed by atoms with E-state index in [0.717, 1.165) is 12.3 Å². The fourth-order valence-corrected chi connectivity index (χ4v) is 2.45. The molecule has 3 rings (SSSR count). The summed E-state index contributed by atoms with van der Waals surface area (Å²) in [5.74, 6) is 0.917. The van der Waals surface area contributed by atoms with Gasteiger partial charge < -0.3 is 10.7 Å². The highest BCUT2D eigenvalue weighted by Gasteiger charge is 2.24. The van der Waals surface area contributed by atoms with Crippen LogP contribution in [0.3, 0.4) is 0 Å². The summed E-state index contributed by atoms with van der Waals surface area (Å²) in [5.41, 5.74) is 8.77. The minimum Gasteiger partial charge on any atom is -0.361 e. The van der Waals surface area contributed by atoms with Gasteiger partial charge >= 0.3 is 0 Å². The largest absolute Gasteiger partial charge is 0.361 e. The van der Waals surface area contributed by atoms with Gasteiger partial charge in [-0.05, 0) is 30.4 Å². The molecule has 16 heavy (non-hydrogen) atoms. The smallest absolute Gasteiger partial charge is 0.0456 e. The molecule has 0 aliphatic heterocycles. The van der Waals surface area contributed by atoms with E-state index in [0.29, 0.717) is 6.04 Å². The van der Waals surface area contributed by atoms with E-state index in [-0.39, 0.29) is 0 Å². The standard InChI is InChI=1S/C14H18N2/c15-12(7-10-5-6-10)8-11-9-16-14-4-2-1-3-13(11)14/h1-4,9-10,12,16H,5-8,15H2. The summed E-state index contributed by atoms with van der Waals surface area (Å²) in [6, 6.07) is 8.77. The van der Waals surface area contributed by atoms with Crippen molar-refractivity contribution in [2.75, 3.05) is 0 Å². The first kappa shape index (κ1) is 9.91. The summed E-state index contributed by atoms with van der Waals surface area (Å²) in [7, 11) is 0. The fourth-order valence-electron chi connectivity index (χ4n) is 2.45. The Kier molecular flexibility index (Phi) is 2.44. The van der Waals surface area contributed by atoms with Gasteiger partial charge in [0.1, 0.15) is 0 Å². The van der Waals surface area contributed by atoms with Crippen molar-refractivity contribution in [1.82, 2.24) is 4.98 Å². The Hall–Kier alpha value is -1.28. The van der Waals surface area contributed by atoms with Gasteiger partial charge in [-0.25, -0.2) is 0 Å². The average Bonchev–Trinajstić information content (AvgIpc) is 3.00. The van der Waals surface area contributed by atoms with Crippen molar-refractivity contribution < 1.29 is 0 Å². The average molecular weight is 214 g/mol. The van der Waals surface area contributed by atoms with Gasteiger partial charge in [0, 0.05) is 23.1 Å². The number of aromatic amines is 1. The van der Waals surface area contributed by atoms with Crippen LogP contribution in [0.1, 0.15) is 24.8 Å². The van der Waals surface area contributed by atoms with Crippen LogP contribution in [-0.2, 0) is 6.42 Å². The molecule has 0 radical (unpaired) electrons. The van der Waals surface area contributed by atoms with Crippen LogP contribution in [0.25, 0.3) is 10.9 Å². The van der Waals surface area contributed by atoms with E-state index in [1.54, 1.807) is 0 Å². The van der Waals surface area contributed by atoms with Gasteiger partial charge in [-0.3, -0.25) is 0 Å². The van der Waals surface area contributed by atoms with Gasteiger partial charge in [-0.15, -0.1) is 0 Å². The highest BCUT2D eigenvalue weighted by molar-refractivity contribution is 5.83. The quantitative estimate of drug-likeness (QED) is 0.807. The Labute approximate surface area is 95.8 Å². The van der Waals surface area contributed by atoms with Crippen molar-refractivity contribution in [3.63, 3.8) is 0 Å². The second-order valence-corrected chi connectivity index (χ2v) is 5.00. The monoisotopic (exact) mass is 214 g/mol. The Balaban J connectivity index is 1.77. The van der Waals surface area contributed by atoms with Gasteiger partial charge in [-0.2, -0.15) is 0 Å². The van der Waals surface area contributed by atoms with E-state index >= 15 is 0 Å². The fraction of sp³-hybridized carbons (Fsp3) is 0.429. The zero-order chi connectivity index (χ0) is 11.0. The van der Waals surface area contributed by atoms with Crippen LogP contribution in [0.4, 0.5) is 0 Å². The Bertz CT molecular complexity index is 482. The van der Waals surface area contributed by atoms with Crippen LogP contribution < -0.4 is 5.73 Å². The molecule has 2 nitrogen and oxygen atoms in total. The number of H-pyrrole nitrogens is 1. The highest BCUT2D eigenvalue weighted by Crippen LogP contribution is 2.34. The zero-order valence-electron chi connectivity index (χ0n) is 9.45. The summed E-state index contributed by atoms with van der Waals surface area (Å²) in [6.45, 7) is 0. The van der Waals surface area contributed by atoms with Gasteiger partial charge in [0.25, 0.3) is 0 Å². The first-order chi connectivity index (χ1) is 7.83. The summed E-state index contributed by atoms with van der Waals surface area (Å²) in [4.78, 5) is 3.31. The molecule has 1 aliphatic rings. The molecule has 0 saturated heterocycles. The SMILES string of the molecule is NC(Cc1c[nH]c2ccccc12)CC1CC1. The number of hydrogen-bond donors (Lipinski definition) is 2. The summed E-state index contributed by atoms with van der Waals surface area (Å²) < 4.78 is 0. The summed E-state index contributed by atoms with van der Waals surface area (Å²) in [5, 5.41) is 1.33. The summed E-state index contributed by atoms with van der Waals surface area (Å²) >= 11 is 0. The van der Waals surface area contributed by atoms with E-state index < -0.39 is 0 Å². The minimum atomic E-state index is 0.326. The van der Waals surface area contributed by atoms with Crippen LogP contribution in [-0.4, -0.2) is 11.0 Å². The molecule has 1 fully saturated rings. The van der Waals surface area contributed by atoms with Crippen molar-refractivity contribution in [3.8, 4) is 0 Å². The molecule has 1 aliphatic carbocycles. The first-order valence-corrected chi connectivity index (χ1v) is 6.13. The van der Waals surface area contributed by atoms with E-state index in [1.165, 1.54) is 35.7 Å². The lowest BCUT2D eigenvalue weighted by molar-refractivity contribution is 0.568. The first-order valence-electron chi connectivity index (χ1n) is 6.13. The van der Waals surface area contributed by atoms with Crippen LogP contribution >= 0.6 is 0 Å². The molecule has 0 spiro atoms. The zero-order valence-corrected chi connectivity index (χ0v) is 9.45. The van der Waals surface area contributed by atoms with Crippen molar-refractivity contribution in [3.05, 3.63) is 36.0 Å². The number of benzene rings is 1. The molecule has 0 amide bonds. The normalized spacial score (nSPS) is 17.8. The van der Waals surface area contributed by atoms with Gasteiger partial charge in [0.2, 0.25) is 0 Å². The van der Waals surface area contributed by atoms with E-state index in [1.807, 2.05) is 0 Å². The van der Waals surface area contributed by atoms with Crippen molar-refractivity contribution in [1.29, 1.82) is 0 Å². The number of nitrogens with two attached hydrogens (primary N) is 1. The van der Waals surface area contributed by atoms with E-state index in [4.69, 9.17) is 5.73 Å². The number of para-hydroxylation sites is 1. The molecule has 1 atom stereocenters. The summed E-state index contributed by atoms with van der Waals surface area (Å²) in [6.07, 6.45) is 7.08. The van der Waals surface area contributed by atoms with Crippen molar-refractivity contribution in [2.45, 2.75) is 31.7 Å². The van der Waals surface area contributed by atoms with Crippen LogP contribution in [0.2, 0.25) is 0 Å². The molecule has 1 unspecified atom stereocenters. The number of rotatable bonds is 4. The molecular weight excluding hydrogens is 196 g/mol. The van der Waals surface area contributed by atoms with Crippen LogP contribution in [0.15, 0.2) is 30.5 Å². The van der Waals surface area contributed by atoms with Gasteiger partial charge in [0.05, 0.1) is 0 Å². The lowest BCUT2D eigenvalue weighted by Crippen LogP contribution is -2.23. The van der Waals surface area contributed by atoms with Gasteiger partial charge in [0.15, 0.2) is 0 Å². The van der Waals surface area contributed by atoms with Gasteiger partial charge in [-0.1, -0.05) is 31.0 Å². The number of nitrogens with one attached hydrogen (secondary N) is 1. The molecule has 1 aromatic carbocycles. The number of fused-ring (bicyclic) bond motifs is 1. The highest BCUT2D eigenvalue weighted by atomic mass is 14.7. The molecule has 1 heterocycles. The Morgan fingerprint density at radius 1 is 1.31 bits per heavy atom. The minimum absolute atomic E-state index is 0.326. The maximum absolute atomic E-state index is 6.18. The topological polar surface area (TPSA) is 41.8 Å². The molecule has 2 heteroatoms. The molecule has 0 bridgehead atoms. The molecule has 1 saturated carbocycles. The third-order valence-corrected chi connectivity index (χ3v) is 3.49. The second-order valence-electron chi connectivity index (χ2n) is 5.00. The van der Waals surface area contributed by atoms with Crippen LogP contribution in [0, 0.1) is 5.92 Å². The Morgan fingerprint density at radius 2 is 2.12 bits per heavy atom. The predicted molar refractivity (Wildman–Crippen MR) is 67.3 cm³/mol. The predicted octanol–water partition coefficient (Wildman–Crippen LogP) is 2.84.